The molecule has 5 heteroatoms. The molecule has 0 aliphatic carbocycles. The lowest BCUT2D eigenvalue weighted by Crippen LogP contribution is -2.31. The molecule has 0 saturated carbocycles. The quantitative estimate of drug-likeness (QED) is 0.890. The molecule has 2 rings (SSSR count). The van der Waals surface area contributed by atoms with Gasteiger partial charge >= 0.3 is 6.03 Å². The van der Waals surface area contributed by atoms with Crippen LogP contribution in [0, 0.1) is 6.92 Å². The third-order valence-corrected chi connectivity index (χ3v) is 3.25. The fourth-order valence-electron chi connectivity index (χ4n) is 1.54. The number of hydrogen-bond donors (Lipinski definition) is 2. The van der Waals surface area contributed by atoms with Gasteiger partial charge in [-0.05, 0) is 26.0 Å². The van der Waals surface area contributed by atoms with Crippen LogP contribution in [0.2, 0.25) is 0 Å². The number of aromatic nitrogens is 1. The van der Waals surface area contributed by atoms with Gasteiger partial charge in [-0.3, -0.25) is 0 Å². The summed E-state index contributed by atoms with van der Waals surface area (Å²) in [5.74, 6) is 0. The number of hydrogen-bond acceptors (Lipinski definition) is 3. The number of urea groups is 1. The molecule has 94 valence electrons. The summed E-state index contributed by atoms with van der Waals surface area (Å²) in [5.41, 5.74) is 1.66. The molecular formula is C13H15N3OS. The average Bonchev–Trinajstić information content (AvgIpc) is 2.77. The topological polar surface area (TPSA) is 54.0 Å². The Kier molecular flexibility index (Phi) is 3.94. The van der Waals surface area contributed by atoms with E-state index >= 15 is 0 Å². The van der Waals surface area contributed by atoms with Crippen LogP contribution in [0.1, 0.15) is 23.7 Å². The molecule has 18 heavy (non-hydrogen) atoms. The Morgan fingerprint density at radius 2 is 2.06 bits per heavy atom. The molecule has 0 aliphatic rings. The average molecular weight is 261 g/mol. The predicted octanol–water partition coefficient (Wildman–Crippen LogP) is 3.33. The Bertz CT molecular complexity index is 524. The van der Waals surface area contributed by atoms with Gasteiger partial charge in [-0.2, -0.15) is 0 Å². The van der Waals surface area contributed by atoms with Crippen molar-refractivity contribution in [2.75, 3.05) is 5.32 Å². The second kappa shape index (κ2) is 5.64. The third-order valence-electron chi connectivity index (χ3n) is 2.46. The largest absolute Gasteiger partial charge is 0.330 e. The summed E-state index contributed by atoms with van der Waals surface area (Å²) in [6.45, 7) is 3.87. The van der Waals surface area contributed by atoms with E-state index in [-0.39, 0.29) is 12.1 Å². The number of para-hydroxylation sites is 1. The Morgan fingerprint density at radius 3 is 2.67 bits per heavy atom. The summed E-state index contributed by atoms with van der Waals surface area (Å²) < 4.78 is 0. The summed E-state index contributed by atoms with van der Waals surface area (Å²) in [7, 11) is 0. The summed E-state index contributed by atoms with van der Waals surface area (Å²) in [4.78, 5) is 16.1. The van der Waals surface area contributed by atoms with Crippen molar-refractivity contribution in [2.45, 2.75) is 19.9 Å². The molecule has 2 aromatic rings. The van der Waals surface area contributed by atoms with Gasteiger partial charge in [0, 0.05) is 11.1 Å². The smallest absolute Gasteiger partial charge is 0.319 e. The van der Waals surface area contributed by atoms with Gasteiger partial charge in [-0.1, -0.05) is 18.2 Å². The fourth-order valence-corrected chi connectivity index (χ4v) is 2.24. The molecule has 4 nitrogen and oxygen atoms in total. The molecule has 1 atom stereocenters. The van der Waals surface area contributed by atoms with Gasteiger partial charge in [0.05, 0.1) is 16.7 Å². The van der Waals surface area contributed by atoms with E-state index < -0.39 is 0 Å². The van der Waals surface area contributed by atoms with E-state index in [1.165, 1.54) is 0 Å². The molecule has 0 saturated heterocycles. The van der Waals surface area contributed by atoms with Gasteiger partial charge in [0.25, 0.3) is 0 Å². The van der Waals surface area contributed by atoms with E-state index in [4.69, 9.17) is 0 Å². The van der Waals surface area contributed by atoms with Crippen LogP contribution in [0.5, 0.6) is 0 Å². The Hall–Kier alpha value is -1.88. The summed E-state index contributed by atoms with van der Waals surface area (Å²) in [6, 6.07) is 9.03. The molecule has 1 aromatic heterocycles. The van der Waals surface area contributed by atoms with E-state index in [1.807, 2.05) is 49.6 Å². The van der Waals surface area contributed by atoms with Crippen molar-refractivity contribution in [3.8, 4) is 0 Å². The molecule has 1 unspecified atom stereocenters. The maximum absolute atomic E-state index is 11.8. The zero-order valence-corrected chi connectivity index (χ0v) is 11.1. The van der Waals surface area contributed by atoms with Crippen molar-refractivity contribution in [1.29, 1.82) is 0 Å². The number of amides is 2. The van der Waals surface area contributed by atoms with Gasteiger partial charge in [0.2, 0.25) is 0 Å². The van der Waals surface area contributed by atoms with E-state index in [9.17, 15) is 4.79 Å². The van der Waals surface area contributed by atoms with Crippen molar-refractivity contribution in [3.05, 3.63) is 46.4 Å². The molecule has 1 heterocycles. The fraction of sp³-hybridized carbons (Fsp3) is 0.231. The van der Waals surface area contributed by atoms with Crippen molar-refractivity contribution in [2.24, 2.45) is 0 Å². The minimum absolute atomic E-state index is 0.0985. The highest BCUT2D eigenvalue weighted by Crippen LogP contribution is 2.15. The number of carbonyl (C=O) groups is 1. The van der Waals surface area contributed by atoms with Crippen LogP contribution in [0.4, 0.5) is 10.5 Å². The molecule has 0 bridgehead atoms. The zero-order valence-electron chi connectivity index (χ0n) is 10.3. The first kappa shape index (κ1) is 12.6. The molecule has 0 spiro atoms. The molecular weight excluding hydrogens is 246 g/mol. The van der Waals surface area contributed by atoms with E-state index in [0.717, 1.165) is 16.4 Å². The Labute approximate surface area is 110 Å². The summed E-state index contributed by atoms with van der Waals surface area (Å²) >= 11 is 1.58. The monoisotopic (exact) mass is 261 g/mol. The number of carbonyl (C=O) groups excluding carboxylic acids is 1. The normalized spacial score (nSPS) is 11.9. The highest BCUT2D eigenvalue weighted by atomic mass is 32.1. The highest BCUT2D eigenvalue weighted by molar-refractivity contribution is 7.09. The molecule has 2 amide bonds. The summed E-state index contributed by atoms with van der Waals surface area (Å²) in [6.07, 6.45) is 0. The second-order valence-electron chi connectivity index (χ2n) is 3.98. The highest BCUT2D eigenvalue weighted by Gasteiger charge is 2.11. The number of thiazole rings is 1. The van der Waals surface area contributed by atoms with Crippen LogP contribution < -0.4 is 10.6 Å². The van der Waals surface area contributed by atoms with Crippen LogP contribution in [-0.2, 0) is 0 Å². The van der Waals surface area contributed by atoms with Crippen LogP contribution in [-0.4, -0.2) is 11.0 Å². The Morgan fingerprint density at radius 1 is 1.33 bits per heavy atom. The molecule has 0 aliphatic heterocycles. The van der Waals surface area contributed by atoms with Crippen LogP contribution in [0.3, 0.4) is 0 Å². The van der Waals surface area contributed by atoms with E-state index in [2.05, 4.69) is 15.6 Å². The van der Waals surface area contributed by atoms with Crippen LogP contribution >= 0.6 is 11.3 Å². The second-order valence-corrected chi connectivity index (χ2v) is 5.04. The van der Waals surface area contributed by atoms with Gasteiger partial charge < -0.3 is 10.6 Å². The minimum Gasteiger partial charge on any atom is -0.330 e. The predicted molar refractivity (Wildman–Crippen MR) is 73.9 cm³/mol. The zero-order chi connectivity index (χ0) is 13.0. The van der Waals surface area contributed by atoms with Gasteiger partial charge in [-0.15, -0.1) is 11.3 Å². The number of aryl methyl sites for hydroxylation is 1. The standard InChI is InChI=1S/C13H15N3OS/c1-9(12-8-18-10(2)15-12)14-13(17)16-11-6-4-3-5-7-11/h3-9H,1-2H3,(H2,14,16,17). The molecule has 0 fully saturated rings. The van der Waals surface area contributed by atoms with Crippen molar-refractivity contribution < 1.29 is 4.79 Å². The van der Waals surface area contributed by atoms with Crippen molar-refractivity contribution in [3.63, 3.8) is 0 Å². The van der Waals surface area contributed by atoms with E-state index in [0.29, 0.717) is 0 Å². The summed E-state index contributed by atoms with van der Waals surface area (Å²) in [5, 5.41) is 8.59. The lowest BCUT2D eigenvalue weighted by Gasteiger charge is -2.12. The Balaban J connectivity index is 1.92. The first-order valence-corrected chi connectivity index (χ1v) is 6.57. The lowest BCUT2D eigenvalue weighted by atomic mass is 10.2. The molecule has 1 aromatic carbocycles. The van der Waals surface area contributed by atoms with Gasteiger partial charge in [-0.25, -0.2) is 9.78 Å². The third kappa shape index (κ3) is 3.30. The maximum Gasteiger partial charge on any atom is 0.319 e. The number of rotatable bonds is 3. The lowest BCUT2D eigenvalue weighted by molar-refractivity contribution is 0.249. The van der Waals surface area contributed by atoms with Gasteiger partial charge in [0.1, 0.15) is 0 Å². The minimum atomic E-state index is -0.223. The number of nitrogens with one attached hydrogen (secondary N) is 2. The number of anilines is 1. The maximum atomic E-state index is 11.8. The van der Waals surface area contributed by atoms with Gasteiger partial charge in [0.15, 0.2) is 0 Å². The number of benzene rings is 1. The number of nitrogens with zero attached hydrogens (tertiary/aromatic N) is 1. The van der Waals surface area contributed by atoms with Crippen molar-refractivity contribution in [1.82, 2.24) is 10.3 Å². The van der Waals surface area contributed by atoms with E-state index in [1.54, 1.807) is 11.3 Å². The first-order valence-electron chi connectivity index (χ1n) is 5.70. The SMILES string of the molecule is Cc1nc(C(C)NC(=O)Nc2ccccc2)cs1. The van der Waals surface area contributed by atoms with Crippen LogP contribution in [0.25, 0.3) is 0 Å². The molecule has 0 radical (unpaired) electrons. The van der Waals surface area contributed by atoms with Crippen LogP contribution in [0.15, 0.2) is 35.7 Å². The first-order chi connectivity index (χ1) is 8.65. The van der Waals surface area contributed by atoms with Crippen molar-refractivity contribution >= 4 is 23.1 Å². The molecule has 2 N–H and O–H groups in total.